The molecule has 1 aromatic rings. The third-order valence-electron chi connectivity index (χ3n) is 3.70. The van der Waals surface area contributed by atoms with E-state index in [-0.39, 0.29) is 11.8 Å². The summed E-state index contributed by atoms with van der Waals surface area (Å²) in [4.78, 5) is 15.2. The second kappa shape index (κ2) is 6.50. The van der Waals surface area contributed by atoms with Crippen LogP contribution in [0, 0.1) is 5.92 Å². The molecule has 1 aromatic heterocycles. The standard InChI is InChI=1S/C14H21N3O/c15-14(18)12-3-5-13(6-4-12)17-9-7-11-2-1-8-16-10-11/h1-2,8,10,12-13,17H,3-7,9H2,(H2,15,18). The molecule has 1 aliphatic rings. The smallest absolute Gasteiger partial charge is 0.220 e. The number of carbonyl (C=O) groups excluding carboxylic acids is 1. The monoisotopic (exact) mass is 247 g/mol. The van der Waals surface area contributed by atoms with E-state index in [1.807, 2.05) is 12.3 Å². The van der Waals surface area contributed by atoms with E-state index in [0.717, 1.165) is 38.6 Å². The molecule has 1 fully saturated rings. The highest BCUT2D eigenvalue weighted by Gasteiger charge is 2.23. The first-order chi connectivity index (χ1) is 8.75. The number of hydrogen-bond donors (Lipinski definition) is 2. The third kappa shape index (κ3) is 3.81. The van der Waals surface area contributed by atoms with Crippen molar-refractivity contribution in [1.82, 2.24) is 10.3 Å². The SMILES string of the molecule is NC(=O)C1CCC(NCCc2cccnc2)CC1. The lowest BCUT2D eigenvalue weighted by atomic mass is 9.85. The highest BCUT2D eigenvalue weighted by molar-refractivity contribution is 5.76. The van der Waals surface area contributed by atoms with Crippen LogP contribution in [0.4, 0.5) is 0 Å². The van der Waals surface area contributed by atoms with Gasteiger partial charge in [0.05, 0.1) is 0 Å². The predicted molar refractivity (Wildman–Crippen MR) is 70.9 cm³/mol. The first-order valence-corrected chi connectivity index (χ1v) is 6.67. The average molecular weight is 247 g/mol. The molecule has 4 heteroatoms. The van der Waals surface area contributed by atoms with E-state index in [0.29, 0.717) is 6.04 Å². The summed E-state index contributed by atoms with van der Waals surface area (Å²) in [5, 5.41) is 3.55. The molecule has 1 amide bonds. The maximum Gasteiger partial charge on any atom is 0.220 e. The van der Waals surface area contributed by atoms with Crippen molar-refractivity contribution in [3.63, 3.8) is 0 Å². The van der Waals surface area contributed by atoms with E-state index in [1.54, 1.807) is 6.20 Å². The quantitative estimate of drug-likeness (QED) is 0.823. The summed E-state index contributed by atoms with van der Waals surface area (Å²) in [7, 11) is 0. The third-order valence-corrected chi connectivity index (χ3v) is 3.70. The lowest BCUT2D eigenvalue weighted by Gasteiger charge is -2.27. The Morgan fingerprint density at radius 3 is 2.78 bits per heavy atom. The van der Waals surface area contributed by atoms with Gasteiger partial charge >= 0.3 is 0 Å². The van der Waals surface area contributed by atoms with Crippen molar-refractivity contribution in [2.45, 2.75) is 38.1 Å². The first kappa shape index (κ1) is 13.0. The minimum atomic E-state index is -0.135. The van der Waals surface area contributed by atoms with E-state index < -0.39 is 0 Å². The van der Waals surface area contributed by atoms with Crippen molar-refractivity contribution >= 4 is 5.91 Å². The number of nitrogens with two attached hydrogens (primary N) is 1. The summed E-state index contributed by atoms with van der Waals surface area (Å²) in [6, 6.07) is 4.60. The molecule has 0 aromatic carbocycles. The minimum absolute atomic E-state index is 0.0985. The van der Waals surface area contributed by atoms with Crippen LogP contribution >= 0.6 is 0 Å². The van der Waals surface area contributed by atoms with Gasteiger partial charge in [-0.05, 0) is 50.3 Å². The summed E-state index contributed by atoms with van der Waals surface area (Å²) in [6.07, 6.45) is 8.68. The highest BCUT2D eigenvalue weighted by Crippen LogP contribution is 2.23. The van der Waals surface area contributed by atoms with Gasteiger partial charge in [-0.15, -0.1) is 0 Å². The molecule has 0 aliphatic heterocycles. The van der Waals surface area contributed by atoms with Crippen molar-refractivity contribution in [3.8, 4) is 0 Å². The molecule has 0 saturated heterocycles. The molecule has 0 unspecified atom stereocenters. The zero-order valence-corrected chi connectivity index (χ0v) is 10.6. The van der Waals surface area contributed by atoms with Crippen LogP contribution in [-0.2, 0) is 11.2 Å². The molecule has 4 nitrogen and oxygen atoms in total. The summed E-state index contributed by atoms with van der Waals surface area (Å²) in [6.45, 7) is 0.970. The molecule has 98 valence electrons. The van der Waals surface area contributed by atoms with Crippen LogP contribution in [0.15, 0.2) is 24.5 Å². The Morgan fingerprint density at radius 2 is 2.17 bits per heavy atom. The molecular formula is C14H21N3O. The van der Waals surface area contributed by atoms with Crippen LogP contribution < -0.4 is 11.1 Å². The molecule has 3 N–H and O–H groups in total. The number of nitrogens with zero attached hydrogens (tertiary/aromatic N) is 1. The summed E-state index contributed by atoms with van der Waals surface area (Å²) in [5.41, 5.74) is 6.58. The minimum Gasteiger partial charge on any atom is -0.369 e. The lowest BCUT2D eigenvalue weighted by molar-refractivity contribution is -0.122. The second-order valence-corrected chi connectivity index (χ2v) is 5.02. The van der Waals surface area contributed by atoms with E-state index in [4.69, 9.17) is 5.73 Å². The number of primary amides is 1. The topological polar surface area (TPSA) is 68.0 Å². The van der Waals surface area contributed by atoms with Crippen molar-refractivity contribution < 1.29 is 4.79 Å². The number of pyridine rings is 1. The van der Waals surface area contributed by atoms with Gasteiger partial charge in [-0.25, -0.2) is 0 Å². The molecular weight excluding hydrogens is 226 g/mol. The van der Waals surface area contributed by atoms with Gasteiger partial charge in [0.15, 0.2) is 0 Å². The Bertz CT molecular complexity index is 372. The summed E-state index contributed by atoms with van der Waals surface area (Å²) >= 11 is 0. The van der Waals surface area contributed by atoms with Gasteiger partial charge in [0.2, 0.25) is 5.91 Å². The fourth-order valence-electron chi connectivity index (χ4n) is 2.55. The number of rotatable bonds is 5. The second-order valence-electron chi connectivity index (χ2n) is 5.02. The highest BCUT2D eigenvalue weighted by atomic mass is 16.1. The molecule has 1 aliphatic carbocycles. The van der Waals surface area contributed by atoms with Gasteiger partial charge in [0.1, 0.15) is 0 Å². The van der Waals surface area contributed by atoms with Crippen LogP contribution in [-0.4, -0.2) is 23.5 Å². The zero-order valence-electron chi connectivity index (χ0n) is 10.6. The van der Waals surface area contributed by atoms with Crippen molar-refractivity contribution in [1.29, 1.82) is 0 Å². The van der Waals surface area contributed by atoms with Gasteiger partial charge < -0.3 is 11.1 Å². The molecule has 0 radical (unpaired) electrons. The van der Waals surface area contributed by atoms with Crippen LogP contribution in [0.1, 0.15) is 31.2 Å². The van der Waals surface area contributed by atoms with Crippen molar-refractivity contribution in [2.24, 2.45) is 11.7 Å². The van der Waals surface area contributed by atoms with Gasteiger partial charge in [-0.1, -0.05) is 6.07 Å². The van der Waals surface area contributed by atoms with E-state index >= 15 is 0 Å². The molecule has 18 heavy (non-hydrogen) atoms. The molecule has 1 saturated carbocycles. The van der Waals surface area contributed by atoms with Gasteiger partial charge in [-0.3, -0.25) is 9.78 Å². The number of aromatic nitrogens is 1. The Morgan fingerprint density at radius 1 is 1.39 bits per heavy atom. The number of carbonyl (C=O) groups is 1. The Balaban J connectivity index is 1.65. The van der Waals surface area contributed by atoms with E-state index in [9.17, 15) is 4.79 Å². The van der Waals surface area contributed by atoms with Crippen LogP contribution in [0.25, 0.3) is 0 Å². The normalized spacial score (nSPS) is 23.8. The molecule has 0 bridgehead atoms. The Labute approximate surface area is 108 Å². The van der Waals surface area contributed by atoms with Crippen LogP contribution in [0.3, 0.4) is 0 Å². The zero-order chi connectivity index (χ0) is 12.8. The first-order valence-electron chi connectivity index (χ1n) is 6.67. The molecule has 1 heterocycles. The van der Waals surface area contributed by atoms with Crippen molar-refractivity contribution in [2.75, 3.05) is 6.54 Å². The summed E-state index contributed by atoms with van der Waals surface area (Å²) in [5.74, 6) is -0.0369. The van der Waals surface area contributed by atoms with E-state index in [2.05, 4.69) is 16.4 Å². The molecule has 0 atom stereocenters. The van der Waals surface area contributed by atoms with Crippen LogP contribution in [0.2, 0.25) is 0 Å². The van der Waals surface area contributed by atoms with Gasteiger partial charge in [-0.2, -0.15) is 0 Å². The van der Waals surface area contributed by atoms with Gasteiger partial charge in [0, 0.05) is 24.4 Å². The lowest BCUT2D eigenvalue weighted by Crippen LogP contribution is -2.37. The maximum atomic E-state index is 11.1. The Kier molecular flexibility index (Phi) is 4.70. The maximum absolute atomic E-state index is 11.1. The largest absolute Gasteiger partial charge is 0.369 e. The summed E-state index contributed by atoms with van der Waals surface area (Å²) < 4.78 is 0. The predicted octanol–water partition coefficient (Wildman–Crippen LogP) is 1.26. The van der Waals surface area contributed by atoms with Crippen LogP contribution in [0.5, 0.6) is 0 Å². The number of nitrogens with one attached hydrogen (secondary N) is 1. The number of amides is 1. The average Bonchev–Trinajstić information content (AvgIpc) is 2.40. The van der Waals surface area contributed by atoms with Crippen molar-refractivity contribution in [3.05, 3.63) is 30.1 Å². The van der Waals surface area contributed by atoms with Gasteiger partial charge in [0.25, 0.3) is 0 Å². The molecule has 0 spiro atoms. The fourth-order valence-corrected chi connectivity index (χ4v) is 2.55. The Hall–Kier alpha value is -1.42. The molecule has 2 rings (SSSR count). The fraction of sp³-hybridized carbons (Fsp3) is 0.571. The number of hydrogen-bond acceptors (Lipinski definition) is 3. The van der Waals surface area contributed by atoms with E-state index in [1.165, 1.54) is 5.56 Å².